The zero-order chi connectivity index (χ0) is 27.6. The van der Waals surface area contributed by atoms with Gasteiger partial charge in [-0.1, -0.05) is 52.3 Å². The van der Waals surface area contributed by atoms with Crippen LogP contribution in [0.2, 0.25) is 0 Å². The third-order valence-corrected chi connectivity index (χ3v) is 7.11. The number of halogens is 1. The highest BCUT2D eigenvalue weighted by Crippen LogP contribution is 2.24. The minimum atomic E-state index is -0.473. The van der Waals surface area contributed by atoms with Gasteiger partial charge in [0.15, 0.2) is 5.78 Å². The fourth-order valence-corrected chi connectivity index (χ4v) is 4.65. The van der Waals surface area contributed by atoms with Gasteiger partial charge in [0.05, 0.1) is 12.9 Å². The predicted octanol–water partition coefficient (Wildman–Crippen LogP) is 6.84. The molecule has 0 heterocycles. The molecule has 0 saturated carbocycles. The van der Waals surface area contributed by atoms with E-state index in [2.05, 4.69) is 26.6 Å². The molecule has 196 valence electrons. The number of hydrogen-bond donors (Lipinski definition) is 2. The first-order chi connectivity index (χ1) is 18.9. The second-order valence-electron chi connectivity index (χ2n) is 8.35. The Hall–Kier alpha value is -4.14. The van der Waals surface area contributed by atoms with Crippen LogP contribution in [-0.2, 0) is 4.79 Å². The molecule has 4 aromatic carbocycles. The summed E-state index contributed by atoms with van der Waals surface area (Å²) in [5, 5.41) is 5.60. The van der Waals surface area contributed by atoms with Gasteiger partial charge in [0.25, 0.3) is 11.8 Å². The maximum absolute atomic E-state index is 13.3. The van der Waals surface area contributed by atoms with Crippen molar-refractivity contribution in [3.05, 3.63) is 130 Å². The smallest absolute Gasteiger partial charge is 0.272 e. The number of nitrogens with one attached hydrogen (secondary N) is 2. The zero-order valence-corrected chi connectivity index (χ0v) is 23.4. The number of Topliss-reactive ketones (excluding diaryl/α,β-unsaturated/α-hetero) is 1. The SMILES string of the molecule is COc1ccc(C(=O)CSc2cccc(NC(=O)/C(=C/c3ccc(Br)cc3)NC(=O)c3ccccc3)c2)cc1. The average molecular weight is 602 g/mol. The second-order valence-corrected chi connectivity index (χ2v) is 10.3. The number of carbonyl (C=O) groups is 3. The first-order valence-electron chi connectivity index (χ1n) is 12.0. The van der Waals surface area contributed by atoms with Crippen molar-refractivity contribution in [1.82, 2.24) is 5.32 Å². The van der Waals surface area contributed by atoms with Gasteiger partial charge in [0, 0.05) is 26.2 Å². The molecule has 4 rings (SSSR count). The predicted molar refractivity (Wildman–Crippen MR) is 159 cm³/mol. The number of rotatable bonds is 10. The molecule has 0 aromatic heterocycles. The van der Waals surface area contributed by atoms with Crippen molar-refractivity contribution in [2.24, 2.45) is 0 Å². The number of hydrogen-bond acceptors (Lipinski definition) is 5. The van der Waals surface area contributed by atoms with Gasteiger partial charge in [-0.25, -0.2) is 0 Å². The Morgan fingerprint density at radius 1 is 0.846 bits per heavy atom. The van der Waals surface area contributed by atoms with Crippen LogP contribution < -0.4 is 15.4 Å². The van der Waals surface area contributed by atoms with Crippen LogP contribution in [0.15, 0.2) is 118 Å². The summed E-state index contributed by atoms with van der Waals surface area (Å²) in [5.74, 6) is 0.0525. The molecule has 0 atom stereocenters. The van der Waals surface area contributed by atoms with Crippen molar-refractivity contribution in [3.63, 3.8) is 0 Å². The standard InChI is InChI=1S/C31H25BrN2O4S/c1-38-26-16-12-22(13-17-26)29(35)20-39-27-9-5-8-25(19-27)33-31(37)28(18-21-10-14-24(32)15-11-21)34-30(36)23-6-3-2-4-7-23/h2-19H,20H2,1H3,(H,33,37)(H,34,36)/b28-18-. The molecule has 0 saturated heterocycles. The van der Waals surface area contributed by atoms with Crippen LogP contribution in [-0.4, -0.2) is 30.5 Å². The Labute approximate surface area is 239 Å². The van der Waals surface area contributed by atoms with Crippen molar-refractivity contribution in [1.29, 1.82) is 0 Å². The van der Waals surface area contributed by atoms with Crippen molar-refractivity contribution in [2.45, 2.75) is 4.90 Å². The van der Waals surface area contributed by atoms with E-state index in [-0.39, 0.29) is 17.2 Å². The monoisotopic (exact) mass is 600 g/mol. The van der Waals surface area contributed by atoms with Crippen molar-refractivity contribution in [3.8, 4) is 5.75 Å². The normalized spacial score (nSPS) is 11.0. The molecular weight excluding hydrogens is 576 g/mol. The molecular formula is C31H25BrN2O4S. The fraction of sp³-hybridized carbons (Fsp3) is 0.0645. The lowest BCUT2D eigenvalue weighted by Crippen LogP contribution is -2.30. The van der Waals surface area contributed by atoms with Gasteiger partial charge in [-0.2, -0.15) is 0 Å². The number of carbonyl (C=O) groups excluding carboxylic acids is 3. The molecule has 0 radical (unpaired) electrons. The fourth-order valence-electron chi connectivity index (χ4n) is 3.54. The molecule has 8 heteroatoms. The maximum atomic E-state index is 13.3. The molecule has 2 amide bonds. The molecule has 0 aliphatic rings. The summed E-state index contributed by atoms with van der Waals surface area (Å²) >= 11 is 4.78. The molecule has 0 aliphatic heterocycles. The van der Waals surface area contributed by atoms with E-state index < -0.39 is 11.8 Å². The van der Waals surface area contributed by atoms with E-state index in [1.54, 1.807) is 79.9 Å². The summed E-state index contributed by atoms with van der Waals surface area (Å²) in [4.78, 5) is 39.5. The van der Waals surface area contributed by atoms with Crippen LogP contribution in [0, 0.1) is 0 Å². The van der Waals surface area contributed by atoms with Gasteiger partial charge < -0.3 is 15.4 Å². The summed E-state index contributed by atoms with van der Waals surface area (Å²) in [5.41, 5.74) is 2.42. The minimum absolute atomic E-state index is 0.0135. The number of ketones is 1. The highest BCUT2D eigenvalue weighted by atomic mass is 79.9. The molecule has 0 aliphatic carbocycles. The summed E-state index contributed by atoms with van der Waals surface area (Å²) in [6, 6.07) is 30.3. The number of amides is 2. The molecule has 0 bridgehead atoms. The van der Waals surface area contributed by atoms with Crippen LogP contribution >= 0.6 is 27.7 Å². The Kier molecular flexibility index (Phi) is 9.72. The van der Waals surface area contributed by atoms with E-state index in [0.29, 0.717) is 22.6 Å². The number of thioether (sulfide) groups is 1. The third kappa shape index (κ3) is 8.17. The second kappa shape index (κ2) is 13.6. The van der Waals surface area contributed by atoms with E-state index in [1.165, 1.54) is 11.8 Å². The summed E-state index contributed by atoms with van der Waals surface area (Å²) in [7, 11) is 1.58. The highest BCUT2D eigenvalue weighted by molar-refractivity contribution is 9.10. The average Bonchev–Trinajstić information content (AvgIpc) is 2.97. The summed E-state index contributed by atoms with van der Waals surface area (Å²) < 4.78 is 6.04. The van der Waals surface area contributed by atoms with E-state index in [0.717, 1.165) is 14.9 Å². The van der Waals surface area contributed by atoms with Crippen LogP contribution in [0.1, 0.15) is 26.3 Å². The molecule has 2 N–H and O–H groups in total. The van der Waals surface area contributed by atoms with Crippen LogP contribution in [0.3, 0.4) is 0 Å². The molecule has 39 heavy (non-hydrogen) atoms. The molecule has 4 aromatic rings. The molecule has 0 fully saturated rings. The van der Waals surface area contributed by atoms with Gasteiger partial charge in [-0.15, -0.1) is 11.8 Å². The van der Waals surface area contributed by atoms with E-state index in [9.17, 15) is 14.4 Å². The zero-order valence-electron chi connectivity index (χ0n) is 21.0. The number of benzene rings is 4. The lowest BCUT2D eigenvalue weighted by atomic mass is 10.1. The number of ether oxygens (including phenoxy) is 1. The third-order valence-electron chi connectivity index (χ3n) is 5.58. The van der Waals surface area contributed by atoms with Gasteiger partial charge in [0.1, 0.15) is 11.4 Å². The summed E-state index contributed by atoms with van der Waals surface area (Å²) in [6.45, 7) is 0. The lowest BCUT2D eigenvalue weighted by molar-refractivity contribution is -0.113. The van der Waals surface area contributed by atoms with Gasteiger partial charge in [0.2, 0.25) is 0 Å². The van der Waals surface area contributed by atoms with Crippen LogP contribution in [0.25, 0.3) is 6.08 Å². The summed E-state index contributed by atoms with van der Waals surface area (Å²) in [6.07, 6.45) is 1.62. The van der Waals surface area contributed by atoms with Crippen LogP contribution in [0.4, 0.5) is 5.69 Å². The lowest BCUT2D eigenvalue weighted by Gasteiger charge is -2.12. The Morgan fingerprint density at radius 2 is 1.56 bits per heavy atom. The minimum Gasteiger partial charge on any atom is -0.497 e. The first-order valence-corrected chi connectivity index (χ1v) is 13.7. The van der Waals surface area contributed by atoms with Crippen LogP contribution in [0.5, 0.6) is 5.75 Å². The molecule has 0 unspecified atom stereocenters. The largest absolute Gasteiger partial charge is 0.497 e. The topological polar surface area (TPSA) is 84.5 Å². The Morgan fingerprint density at radius 3 is 2.26 bits per heavy atom. The van der Waals surface area contributed by atoms with Crippen molar-refractivity contribution >= 4 is 57.1 Å². The van der Waals surface area contributed by atoms with Crippen molar-refractivity contribution in [2.75, 3.05) is 18.2 Å². The van der Waals surface area contributed by atoms with Gasteiger partial charge in [-0.3, -0.25) is 14.4 Å². The van der Waals surface area contributed by atoms with E-state index >= 15 is 0 Å². The molecule has 0 spiro atoms. The maximum Gasteiger partial charge on any atom is 0.272 e. The molecule has 6 nitrogen and oxygen atoms in total. The van der Waals surface area contributed by atoms with Gasteiger partial charge >= 0.3 is 0 Å². The van der Waals surface area contributed by atoms with Crippen molar-refractivity contribution < 1.29 is 19.1 Å². The first kappa shape index (κ1) is 27.9. The van der Waals surface area contributed by atoms with E-state index in [1.807, 2.05) is 36.4 Å². The Balaban J connectivity index is 1.47. The number of methoxy groups -OCH3 is 1. The highest BCUT2D eigenvalue weighted by Gasteiger charge is 2.16. The number of anilines is 1. The van der Waals surface area contributed by atoms with E-state index in [4.69, 9.17) is 4.74 Å². The van der Waals surface area contributed by atoms with Gasteiger partial charge in [-0.05, 0) is 78.4 Å². The Bertz CT molecular complexity index is 1490. The quantitative estimate of drug-likeness (QED) is 0.118.